The first-order chi connectivity index (χ1) is 10.5. The lowest BCUT2D eigenvalue weighted by Crippen LogP contribution is -2.12. The quantitative estimate of drug-likeness (QED) is 0.893. The maximum absolute atomic E-state index is 12.3. The Morgan fingerprint density at radius 2 is 1.91 bits per heavy atom. The number of methoxy groups -OCH3 is 1. The minimum Gasteiger partial charge on any atom is -0.495 e. The molecule has 0 atom stereocenters. The molecule has 0 saturated heterocycles. The number of rotatable bonds is 5. The number of nitrogens with one attached hydrogen (secondary N) is 1. The molecule has 0 fully saturated rings. The predicted molar refractivity (Wildman–Crippen MR) is 88.3 cm³/mol. The Hall–Kier alpha value is -2.20. The number of carbonyl (C=O) groups excluding carboxylic acids is 1. The number of ether oxygens (including phenoxy) is 2. The number of benzene rings is 2. The van der Waals surface area contributed by atoms with Crippen molar-refractivity contribution < 1.29 is 14.3 Å². The molecular weight excluding hydrogens is 302 g/mol. The number of hydrogen-bond acceptors (Lipinski definition) is 3. The van der Waals surface area contributed by atoms with Crippen LogP contribution in [0.1, 0.15) is 22.8 Å². The van der Waals surface area contributed by atoms with E-state index in [1.54, 1.807) is 43.5 Å². The van der Waals surface area contributed by atoms with Gasteiger partial charge in [0.2, 0.25) is 0 Å². The van der Waals surface area contributed by atoms with Gasteiger partial charge in [0.15, 0.2) is 0 Å². The van der Waals surface area contributed by atoms with Gasteiger partial charge in [-0.3, -0.25) is 4.79 Å². The summed E-state index contributed by atoms with van der Waals surface area (Å²) in [6.07, 6.45) is 0. The molecule has 2 aromatic carbocycles. The highest BCUT2D eigenvalue weighted by atomic mass is 35.5. The van der Waals surface area contributed by atoms with E-state index in [2.05, 4.69) is 5.32 Å². The van der Waals surface area contributed by atoms with Crippen LogP contribution in [0.2, 0.25) is 5.02 Å². The van der Waals surface area contributed by atoms with Crippen molar-refractivity contribution >= 4 is 23.2 Å². The van der Waals surface area contributed by atoms with Crippen LogP contribution in [0.5, 0.6) is 11.5 Å². The van der Waals surface area contributed by atoms with E-state index >= 15 is 0 Å². The van der Waals surface area contributed by atoms with Crippen LogP contribution in [-0.4, -0.2) is 19.6 Å². The standard InChI is InChI=1S/C17H18ClNO3/c1-4-22-15-7-5-12(9-11(15)2)17(20)19-13-6-8-16(21-3)14(18)10-13/h5-10H,4H2,1-3H3,(H,19,20). The fourth-order valence-corrected chi connectivity index (χ4v) is 2.31. The Labute approximate surface area is 135 Å². The molecule has 2 aromatic rings. The largest absolute Gasteiger partial charge is 0.495 e. The van der Waals surface area contributed by atoms with Crippen molar-refractivity contribution in [3.63, 3.8) is 0 Å². The second-order valence-electron chi connectivity index (χ2n) is 4.72. The van der Waals surface area contributed by atoms with Gasteiger partial charge in [-0.15, -0.1) is 0 Å². The van der Waals surface area contributed by atoms with Crippen molar-refractivity contribution in [1.82, 2.24) is 0 Å². The van der Waals surface area contributed by atoms with Crippen LogP contribution in [0.15, 0.2) is 36.4 Å². The fraction of sp³-hybridized carbons (Fsp3) is 0.235. The van der Waals surface area contributed by atoms with Crippen LogP contribution in [-0.2, 0) is 0 Å². The topological polar surface area (TPSA) is 47.6 Å². The average molecular weight is 320 g/mol. The smallest absolute Gasteiger partial charge is 0.255 e. The summed E-state index contributed by atoms with van der Waals surface area (Å²) in [5.74, 6) is 1.15. The molecule has 0 aromatic heterocycles. The Balaban J connectivity index is 2.15. The zero-order valence-corrected chi connectivity index (χ0v) is 13.5. The van der Waals surface area contributed by atoms with E-state index in [4.69, 9.17) is 21.1 Å². The highest BCUT2D eigenvalue weighted by Crippen LogP contribution is 2.27. The predicted octanol–water partition coefficient (Wildman–Crippen LogP) is 4.31. The lowest BCUT2D eigenvalue weighted by molar-refractivity contribution is 0.102. The molecule has 2 rings (SSSR count). The third-order valence-electron chi connectivity index (χ3n) is 3.15. The number of carbonyl (C=O) groups is 1. The third-order valence-corrected chi connectivity index (χ3v) is 3.44. The molecule has 0 aliphatic heterocycles. The summed E-state index contributed by atoms with van der Waals surface area (Å²) in [5.41, 5.74) is 2.09. The van der Waals surface area contributed by atoms with E-state index in [1.807, 2.05) is 13.8 Å². The Morgan fingerprint density at radius 1 is 1.18 bits per heavy atom. The molecule has 1 amide bonds. The van der Waals surface area contributed by atoms with Crippen molar-refractivity contribution in [2.24, 2.45) is 0 Å². The minimum atomic E-state index is -0.201. The summed E-state index contributed by atoms with van der Waals surface area (Å²) >= 11 is 6.05. The first-order valence-corrected chi connectivity index (χ1v) is 7.31. The number of anilines is 1. The summed E-state index contributed by atoms with van der Waals surface area (Å²) < 4.78 is 10.6. The SMILES string of the molecule is CCOc1ccc(C(=O)Nc2ccc(OC)c(Cl)c2)cc1C. The second-order valence-corrected chi connectivity index (χ2v) is 5.12. The van der Waals surface area contributed by atoms with E-state index < -0.39 is 0 Å². The highest BCUT2D eigenvalue weighted by molar-refractivity contribution is 6.32. The average Bonchev–Trinajstić information content (AvgIpc) is 2.49. The molecular formula is C17H18ClNO3. The summed E-state index contributed by atoms with van der Waals surface area (Å²) in [6.45, 7) is 4.43. The van der Waals surface area contributed by atoms with Crippen LogP contribution in [0.4, 0.5) is 5.69 Å². The van der Waals surface area contributed by atoms with E-state index in [0.29, 0.717) is 28.6 Å². The normalized spacial score (nSPS) is 10.2. The Kier molecular flexibility index (Phi) is 5.28. The van der Waals surface area contributed by atoms with Crippen LogP contribution < -0.4 is 14.8 Å². The van der Waals surface area contributed by atoms with Crippen LogP contribution in [0.25, 0.3) is 0 Å². The molecule has 0 heterocycles. The van der Waals surface area contributed by atoms with Gasteiger partial charge in [0.25, 0.3) is 5.91 Å². The van der Waals surface area contributed by atoms with Gasteiger partial charge in [-0.05, 0) is 55.8 Å². The minimum absolute atomic E-state index is 0.201. The van der Waals surface area contributed by atoms with E-state index in [9.17, 15) is 4.79 Å². The zero-order chi connectivity index (χ0) is 16.1. The van der Waals surface area contributed by atoms with Gasteiger partial charge in [0.1, 0.15) is 11.5 Å². The van der Waals surface area contributed by atoms with Gasteiger partial charge in [-0.2, -0.15) is 0 Å². The number of aryl methyl sites for hydroxylation is 1. The van der Waals surface area contributed by atoms with Crippen molar-refractivity contribution in [3.8, 4) is 11.5 Å². The zero-order valence-electron chi connectivity index (χ0n) is 12.8. The third kappa shape index (κ3) is 3.71. The Morgan fingerprint density at radius 3 is 2.50 bits per heavy atom. The fourth-order valence-electron chi connectivity index (χ4n) is 2.06. The monoisotopic (exact) mass is 319 g/mol. The number of amides is 1. The van der Waals surface area contributed by atoms with Gasteiger partial charge in [0, 0.05) is 11.3 Å². The molecule has 0 saturated carbocycles. The van der Waals surface area contributed by atoms with Gasteiger partial charge in [0.05, 0.1) is 18.7 Å². The lowest BCUT2D eigenvalue weighted by Gasteiger charge is -2.10. The van der Waals surface area contributed by atoms with Gasteiger partial charge >= 0.3 is 0 Å². The molecule has 1 N–H and O–H groups in total. The molecule has 0 unspecified atom stereocenters. The van der Waals surface area contributed by atoms with Crippen LogP contribution in [0.3, 0.4) is 0 Å². The Bertz CT molecular complexity index is 686. The first kappa shape index (κ1) is 16.2. The van der Waals surface area contributed by atoms with E-state index in [-0.39, 0.29) is 5.91 Å². The maximum atomic E-state index is 12.3. The summed E-state index contributed by atoms with van der Waals surface area (Å²) in [7, 11) is 1.54. The molecule has 0 radical (unpaired) electrons. The maximum Gasteiger partial charge on any atom is 0.255 e. The lowest BCUT2D eigenvalue weighted by atomic mass is 10.1. The molecule has 5 heteroatoms. The van der Waals surface area contributed by atoms with E-state index in [0.717, 1.165) is 11.3 Å². The summed E-state index contributed by atoms with van der Waals surface area (Å²) in [6, 6.07) is 10.4. The molecule has 0 aliphatic carbocycles. The summed E-state index contributed by atoms with van der Waals surface area (Å²) in [5, 5.41) is 3.26. The molecule has 0 bridgehead atoms. The van der Waals surface area contributed by atoms with Crippen LogP contribution in [0, 0.1) is 6.92 Å². The molecule has 0 spiro atoms. The van der Waals surface area contributed by atoms with Crippen molar-refractivity contribution in [3.05, 3.63) is 52.5 Å². The van der Waals surface area contributed by atoms with Gasteiger partial charge in [-0.1, -0.05) is 11.6 Å². The van der Waals surface area contributed by atoms with Crippen molar-refractivity contribution in [2.45, 2.75) is 13.8 Å². The number of halogens is 1. The molecule has 116 valence electrons. The van der Waals surface area contributed by atoms with Gasteiger partial charge in [-0.25, -0.2) is 0 Å². The molecule has 0 aliphatic rings. The van der Waals surface area contributed by atoms with E-state index in [1.165, 1.54) is 0 Å². The van der Waals surface area contributed by atoms with Crippen LogP contribution >= 0.6 is 11.6 Å². The highest BCUT2D eigenvalue weighted by Gasteiger charge is 2.10. The molecule has 22 heavy (non-hydrogen) atoms. The first-order valence-electron chi connectivity index (χ1n) is 6.93. The van der Waals surface area contributed by atoms with Crippen molar-refractivity contribution in [2.75, 3.05) is 19.0 Å². The molecule has 4 nitrogen and oxygen atoms in total. The second kappa shape index (κ2) is 7.18. The number of hydrogen-bond donors (Lipinski definition) is 1. The van der Waals surface area contributed by atoms with Crippen molar-refractivity contribution in [1.29, 1.82) is 0 Å². The summed E-state index contributed by atoms with van der Waals surface area (Å²) in [4.78, 5) is 12.3. The van der Waals surface area contributed by atoms with Gasteiger partial charge < -0.3 is 14.8 Å².